The summed E-state index contributed by atoms with van der Waals surface area (Å²) >= 11 is 0. The van der Waals surface area contributed by atoms with Gasteiger partial charge in [0, 0.05) is 25.0 Å². The maximum absolute atomic E-state index is 11.9. The van der Waals surface area contributed by atoms with E-state index in [4.69, 9.17) is 14.5 Å². The predicted octanol–water partition coefficient (Wildman–Crippen LogP) is 3.65. The monoisotopic (exact) mass is 379 g/mol. The van der Waals surface area contributed by atoms with Crippen molar-refractivity contribution in [1.29, 1.82) is 0 Å². The van der Waals surface area contributed by atoms with Gasteiger partial charge in [0.05, 0.1) is 31.5 Å². The number of benzene rings is 1. The summed E-state index contributed by atoms with van der Waals surface area (Å²) in [7, 11) is 3.34. The van der Waals surface area contributed by atoms with Crippen molar-refractivity contribution < 1.29 is 14.3 Å². The van der Waals surface area contributed by atoms with Crippen molar-refractivity contribution in [2.75, 3.05) is 14.2 Å². The molecular formula is C22H25N3O3. The molecule has 2 unspecified atom stereocenters. The van der Waals surface area contributed by atoms with E-state index < -0.39 is 0 Å². The van der Waals surface area contributed by atoms with Crippen LogP contribution in [0.5, 0.6) is 11.5 Å². The number of aldehydes is 1. The fourth-order valence-corrected chi connectivity index (χ4v) is 4.23. The Morgan fingerprint density at radius 1 is 1.11 bits per heavy atom. The van der Waals surface area contributed by atoms with Crippen molar-refractivity contribution >= 4 is 11.9 Å². The zero-order valence-electron chi connectivity index (χ0n) is 16.2. The number of piperidine rings is 1. The molecule has 4 rings (SSSR count). The lowest BCUT2D eigenvalue weighted by Gasteiger charge is -2.40. The smallest absolute Gasteiger partial charge is 0.137 e. The molecule has 0 amide bonds. The van der Waals surface area contributed by atoms with Gasteiger partial charge in [0.25, 0.3) is 0 Å². The standard InChI is InChI=1S/C22H25N3O3/c1-27-19-9-6-10-20(28-2)22(19)18-8-5-7-17(15-26)25(18)14-16-13-24-12-4-3-11-21(24)23-16/h3-4,6,9-13,15,17-18H,5,7-8,14H2,1-2H3. The van der Waals surface area contributed by atoms with Crippen molar-refractivity contribution in [3.63, 3.8) is 0 Å². The molecule has 6 heteroatoms. The molecule has 0 N–H and O–H groups in total. The van der Waals surface area contributed by atoms with Crippen LogP contribution >= 0.6 is 0 Å². The summed E-state index contributed by atoms with van der Waals surface area (Å²) in [6.07, 6.45) is 7.85. The van der Waals surface area contributed by atoms with E-state index in [1.54, 1.807) is 14.2 Å². The van der Waals surface area contributed by atoms with Crippen molar-refractivity contribution in [3.05, 3.63) is 60.0 Å². The van der Waals surface area contributed by atoms with E-state index in [9.17, 15) is 4.79 Å². The minimum atomic E-state index is -0.154. The number of fused-ring (bicyclic) bond motifs is 1. The second-order valence-corrected chi connectivity index (χ2v) is 7.10. The second-order valence-electron chi connectivity index (χ2n) is 7.10. The lowest BCUT2D eigenvalue weighted by Crippen LogP contribution is -2.42. The second kappa shape index (κ2) is 8.02. The zero-order chi connectivity index (χ0) is 19.5. The van der Waals surface area contributed by atoms with Gasteiger partial charge in [-0.2, -0.15) is 0 Å². The van der Waals surface area contributed by atoms with Crippen LogP contribution in [-0.2, 0) is 11.3 Å². The van der Waals surface area contributed by atoms with E-state index in [2.05, 4.69) is 4.90 Å². The number of aromatic nitrogens is 2. The van der Waals surface area contributed by atoms with Gasteiger partial charge in [0.2, 0.25) is 0 Å². The van der Waals surface area contributed by atoms with E-state index in [1.807, 2.05) is 53.2 Å². The van der Waals surface area contributed by atoms with Gasteiger partial charge < -0.3 is 18.7 Å². The van der Waals surface area contributed by atoms with Crippen LogP contribution in [0.4, 0.5) is 0 Å². The maximum Gasteiger partial charge on any atom is 0.137 e. The summed E-state index contributed by atoms with van der Waals surface area (Å²) in [5.74, 6) is 1.58. The van der Waals surface area contributed by atoms with Gasteiger partial charge in [0.1, 0.15) is 23.4 Å². The van der Waals surface area contributed by atoms with Gasteiger partial charge in [-0.3, -0.25) is 4.90 Å². The Balaban J connectivity index is 1.74. The average Bonchev–Trinajstić information content (AvgIpc) is 3.15. The molecule has 28 heavy (non-hydrogen) atoms. The first kappa shape index (κ1) is 18.5. The van der Waals surface area contributed by atoms with Gasteiger partial charge in [-0.1, -0.05) is 12.1 Å². The number of ether oxygens (including phenoxy) is 2. The van der Waals surface area contributed by atoms with Crippen LogP contribution in [0.3, 0.4) is 0 Å². The molecule has 1 aliphatic rings. The molecule has 0 bridgehead atoms. The highest BCUT2D eigenvalue weighted by atomic mass is 16.5. The zero-order valence-corrected chi connectivity index (χ0v) is 16.2. The Morgan fingerprint density at radius 3 is 2.57 bits per heavy atom. The van der Waals surface area contributed by atoms with Crippen LogP contribution in [0.1, 0.15) is 36.6 Å². The summed E-state index contributed by atoms with van der Waals surface area (Å²) in [4.78, 5) is 18.9. The Bertz CT molecular complexity index is 913. The first-order valence-corrected chi connectivity index (χ1v) is 9.59. The molecule has 0 spiro atoms. The van der Waals surface area contributed by atoms with Gasteiger partial charge in [-0.15, -0.1) is 0 Å². The van der Waals surface area contributed by atoms with Crippen LogP contribution in [-0.4, -0.2) is 40.8 Å². The summed E-state index contributed by atoms with van der Waals surface area (Å²) < 4.78 is 13.3. The molecule has 1 aliphatic heterocycles. The van der Waals surface area contributed by atoms with Crippen LogP contribution in [0.25, 0.3) is 5.65 Å². The summed E-state index contributed by atoms with van der Waals surface area (Å²) in [6, 6.07) is 11.6. The largest absolute Gasteiger partial charge is 0.496 e. The quantitative estimate of drug-likeness (QED) is 0.612. The van der Waals surface area contributed by atoms with E-state index in [0.717, 1.165) is 54.0 Å². The van der Waals surface area contributed by atoms with E-state index in [0.29, 0.717) is 6.54 Å². The number of methoxy groups -OCH3 is 2. The fraction of sp³-hybridized carbons (Fsp3) is 0.364. The molecule has 0 aliphatic carbocycles. The van der Waals surface area contributed by atoms with Crippen molar-refractivity contribution in [1.82, 2.24) is 14.3 Å². The molecule has 6 nitrogen and oxygen atoms in total. The van der Waals surface area contributed by atoms with Crippen LogP contribution < -0.4 is 9.47 Å². The Morgan fingerprint density at radius 2 is 1.89 bits per heavy atom. The number of imidazole rings is 1. The molecule has 1 saturated heterocycles. The predicted molar refractivity (Wildman–Crippen MR) is 107 cm³/mol. The van der Waals surface area contributed by atoms with Crippen molar-refractivity contribution in [2.24, 2.45) is 0 Å². The van der Waals surface area contributed by atoms with Gasteiger partial charge in [0.15, 0.2) is 0 Å². The van der Waals surface area contributed by atoms with E-state index >= 15 is 0 Å². The van der Waals surface area contributed by atoms with E-state index in [1.165, 1.54) is 0 Å². The minimum Gasteiger partial charge on any atom is -0.496 e. The Kier molecular flexibility index (Phi) is 5.30. The molecule has 3 aromatic rings. The minimum absolute atomic E-state index is 0.0277. The molecular weight excluding hydrogens is 354 g/mol. The number of rotatable bonds is 6. The summed E-state index contributed by atoms with van der Waals surface area (Å²) in [6.45, 7) is 0.594. The van der Waals surface area contributed by atoms with Gasteiger partial charge >= 0.3 is 0 Å². The highest BCUT2D eigenvalue weighted by molar-refractivity contribution is 5.59. The third-order valence-corrected chi connectivity index (χ3v) is 5.52. The first-order valence-electron chi connectivity index (χ1n) is 9.59. The van der Waals surface area contributed by atoms with Crippen LogP contribution in [0, 0.1) is 0 Å². The molecule has 0 saturated carbocycles. The number of hydrogen-bond donors (Lipinski definition) is 0. The Labute approximate surface area is 164 Å². The van der Waals surface area contributed by atoms with Crippen LogP contribution in [0.2, 0.25) is 0 Å². The van der Waals surface area contributed by atoms with Gasteiger partial charge in [-0.05, 0) is 43.5 Å². The maximum atomic E-state index is 11.9. The lowest BCUT2D eigenvalue weighted by atomic mass is 9.90. The number of carbonyl (C=O) groups is 1. The molecule has 2 aromatic heterocycles. The van der Waals surface area contributed by atoms with Crippen molar-refractivity contribution in [2.45, 2.75) is 37.9 Å². The average molecular weight is 379 g/mol. The fourth-order valence-electron chi connectivity index (χ4n) is 4.23. The number of carbonyl (C=O) groups excluding carboxylic acids is 1. The van der Waals surface area contributed by atoms with Gasteiger partial charge in [-0.25, -0.2) is 4.98 Å². The highest BCUT2D eigenvalue weighted by Gasteiger charge is 2.35. The van der Waals surface area contributed by atoms with E-state index in [-0.39, 0.29) is 12.1 Å². The molecule has 146 valence electrons. The Hall–Kier alpha value is -2.86. The molecule has 0 radical (unpaired) electrons. The first-order chi connectivity index (χ1) is 13.7. The number of likely N-dealkylation sites (tertiary alicyclic amines) is 1. The SMILES string of the molecule is COc1cccc(OC)c1C1CCCC(C=O)N1Cc1cn2ccccc2n1. The lowest BCUT2D eigenvalue weighted by molar-refractivity contribution is -0.115. The third-order valence-electron chi connectivity index (χ3n) is 5.52. The summed E-state index contributed by atoms with van der Waals surface area (Å²) in [5, 5.41) is 0. The topological polar surface area (TPSA) is 56.1 Å². The van der Waals surface area contributed by atoms with Crippen molar-refractivity contribution in [3.8, 4) is 11.5 Å². The molecule has 2 atom stereocenters. The third kappa shape index (κ3) is 3.36. The van der Waals surface area contributed by atoms with Crippen LogP contribution in [0.15, 0.2) is 48.8 Å². The summed E-state index contributed by atoms with van der Waals surface area (Å²) in [5.41, 5.74) is 2.85. The number of nitrogens with zero attached hydrogens (tertiary/aromatic N) is 3. The molecule has 1 fully saturated rings. The number of hydrogen-bond acceptors (Lipinski definition) is 5. The highest BCUT2D eigenvalue weighted by Crippen LogP contribution is 2.43. The molecule has 3 heterocycles. The number of pyridine rings is 1. The normalized spacial score (nSPS) is 20.2. The molecule has 1 aromatic carbocycles.